The first-order valence-corrected chi connectivity index (χ1v) is 6.97. The molecule has 0 amide bonds. The quantitative estimate of drug-likeness (QED) is 0.545. The SMILES string of the molecule is O=C(/C=C/c1ccsc1)c1ccc(-n2cncn2)cc1. The second kappa shape index (κ2) is 5.63. The van der Waals surface area contributed by atoms with Crippen molar-refractivity contribution in [2.75, 3.05) is 0 Å². The third-order valence-corrected chi connectivity index (χ3v) is 3.51. The fourth-order valence-corrected chi connectivity index (χ4v) is 2.39. The number of thiophene rings is 1. The van der Waals surface area contributed by atoms with Gasteiger partial charge in [0.05, 0.1) is 5.69 Å². The highest BCUT2D eigenvalue weighted by Gasteiger charge is 2.03. The maximum absolute atomic E-state index is 12.0. The Morgan fingerprint density at radius 3 is 2.70 bits per heavy atom. The third-order valence-electron chi connectivity index (χ3n) is 2.81. The first-order chi connectivity index (χ1) is 9.83. The molecule has 5 heteroatoms. The van der Waals surface area contributed by atoms with Crippen LogP contribution in [-0.2, 0) is 0 Å². The van der Waals surface area contributed by atoms with Gasteiger partial charge in [-0.1, -0.05) is 6.08 Å². The van der Waals surface area contributed by atoms with E-state index in [1.165, 1.54) is 6.33 Å². The second-order valence-corrected chi connectivity index (χ2v) is 4.92. The highest BCUT2D eigenvalue weighted by Crippen LogP contribution is 2.11. The maximum Gasteiger partial charge on any atom is 0.185 e. The standard InChI is InChI=1S/C15H11N3OS/c19-15(6-1-12-7-8-20-9-12)13-2-4-14(5-3-13)18-11-16-10-17-18/h1-11H/b6-1+. The van der Waals surface area contributed by atoms with E-state index in [9.17, 15) is 4.79 Å². The van der Waals surface area contributed by atoms with Crippen LogP contribution < -0.4 is 0 Å². The number of nitrogens with zero attached hydrogens (tertiary/aromatic N) is 3. The summed E-state index contributed by atoms with van der Waals surface area (Å²) in [5.41, 5.74) is 2.57. The Labute approximate surface area is 120 Å². The number of carbonyl (C=O) groups is 1. The van der Waals surface area contributed by atoms with E-state index < -0.39 is 0 Å². The van der Waals surface area contributed by atoms with E-state index in [-0.39, 0.29) is 5.78 Å². The van der Waals surface area contributed by atoms with Gasteiger partial charge in [-0.2, -0.15) is 16.4 Å². The molecule has 0 aliphatic carbocycles. The van der Waals surface area contributed by atoms with Crippen LogP contribution in [0, 0.1) is 0 Å². The summed E-state index contributed by atoms with van der Waals surface area (Å²) in [6.45, 7) is 0. The van der Waals surface area contributed by atoms with Crippen LogP contribution in [0.4, 0.5) is 0 Å². The summed E-state index contributed by atoms with van der Waals surface area (Å²) in [6.07, 6.45) is 6.51. The molecule has 0 bridgehead atoms. The van der Waals surface area contributed by atoms with E-state index >= 15 is 0 Å². The van der Waals surface area contributed by atoms with Crippen molar-refractivity contribution in [2.24, 2.45) is 0 Å². The summed E-state index contributed by atoms with van der Waals surface area (Å²) in [7, 11) is 0. The normalized spacial score (nSPS) is 11.0. The third kappa shape index (κ3) is 2.73. The van der Waals surface area contributed by atoms with Gasteiger partial charge < -0.3 is 0 Å². The van der Waals surface area contributed by atoms with E-state index in [0.717, 1.165) is 11.3 Å². The Kier molecular flexibility index (Phi) is 3.52. The minimum atomic E-state index is -0.0126. The van der Waals surface area contributed by atoms with Crippen LogP contribution >= 0.6 is 11.3 Å². The first-order valence-electron chi connectivity index (χ1n) is 6.02. The number of ketones is 1. The van der Waals surface area contributed by atoms with Gasteiger partial charge in [0.25, 0.3) is 0 Å². The minimum absolute atomic E-state index is 0.0126. The minimum Gasteiger partial charge on any atom is -0.289 e. The summed E-state index contributed by atoms with van der Waals surface area (Å²) < 4.78 is 1.65. The van der Waals surface area contributed by atoms with Crippen LogP contribution in [0.5, 0.6) is 0 Å². The summed E-state index contributed by atoms with van der Waals surface area (Å²) in [4.78, 5) is 15.9. The average Bonchev–Trinajstić information content (AvgIpc) is 3.18. The first kappa shape index (κ1) is 12.5. The van der Waals surface area contributed by atoms with Crippen molar-refractivity contribution in [3.63, 3.8) is 0 Å². The summed E-state index contributed by atoms with van der Waals surface area (Å²) >= 11 is 1.61. The van der Waals surface area contributed by atoms with Gasteiger partial charge in [-0.25, -0.2) is 9.67 Å². The van der Waals surface area contributed by atoms with E-state index in [1.807, 2.05) is 35.0 Å². The molecule has 2 heterocycles. The van der Waals surface area contributed by atoms with Crippen molar-refractivity contribution in [1.82, 2.24) is 14.8 Å². The zero-order valence-electron chi connectivity index (χ0n) is 10.5. The van der Waals surface area contributed by atoms with Crippen molar-refractivity contribution < 1.29 is 4.79 Å². The molecule has 0 saturated carbocycles. The molecule has 0 atom stereocenters. The number of hydrogen-bond donors (Lipinski definition) is 0. The zero-order chi connectivity index (χ0) is 13.8. The van der Waals surface area contributed by atoms with Crippen LogP contribution in [0.15, 0.2) is 59.8 Å². The zero-order valence-corrected chi connectivity index (χ0v) is 11.3. The summed E-state index contributed by atoms with van der Waals surface area (Å²) in [5, 5.41) is 8.02. The molecule has 2 aromatic heterocycles. The monoisotopic (exact) mass is 281 g/mol. The van der Waals surface area contributed by atoms with E-state index in [1.54, 1.807) is 40.6 Å². The largest absolute Gasteiger partial charge is 0.289 e. The molecule has 0 unspecified atom stereocenters. The highest BCUT2D eigenvalue weighted by atomic mass is 32.1. The van der Waals surface area contributed by atoms with Crippen molar-refractivity contribution in [3.05, 3.63) is 70.9 Å². The van der Waals surface area contributed by atoms with Crippen LogP contribution in [0.25, 0.3) is 11.8 Å². The number of benzene rings is 1. The molecular formula is C15H11N3OS. The van der Waals surface area contributed by atoms with Crippen LogP contribution in [0.3, 0.4) is 0 Å². The lowest BCUT2D eigenvalue weighted by Gasteiger charge is -2.01. The van der Waals surface area contributed by atoms with Gasteiger partial charge in [-0.3, -0.25) is 4.79 Å². The van der Waals surface area contributed by atoms with E-state index in [0.29, 0.717) is 5.56 Å². The Morgan fingerprint density at radius 2 is 2.05 bits per heavy atom. The fraction of sp³-hybridized carbons (Fsp3) is 0. The summed E-state index contributed by atoms with van der Waals surface area (Å²) in [5.74, 6) is -0.0126. The van der Waals surface area contributed by atoms with Gasteiger partial charge in [0.15, 0.2) is 5.78 Å². The number of hydrogen-bond acceptors (Lipinski definition) is 4. The molecule has 20 heavy (non-hydrogen) atoms. The molecule has 4 nitrogen and oxygen atoms in total. The molecular weight excluding hydrogens is 270 g/mol. The second-order valence-electron chi connectivity index (χ2n) is 4.14. The van der Waals surface area contributed by atoms with Gasteiger partial charge in [-0.15, -0.1) is 0 Å². The average molecular weight is 281 g/mol. The predicted octanol–water partition coefficient (Wildman–Crippen LogP) is 3.22. The molecule has 3 rings (SSSR count). The fourth-order valence-electron chi connectivity index (χ4n) is 1.76. The molecule has 1 aromatic carbocycles. The van der Waals surface area contributed by atoms with Crippen LogP contribution in [0.2, 0.25) is 0 Å². The van der Waals surface area contributed by atoms with Gasteiger partial charge in [0.2, 0.25) is 0 Å². The van der Waals surface area contributed by atoms with Crippen molar-refractivity contribution in [1.29, 1.82) is 0 Å². The molecule has 0 fully saturated rings. The Balaban J connectivity index is 1.76. The molecule has 0 aliphatic rings. The topological polar surface area (TPSA) is 47.8 Å². The molecule has 98 valence electrons. The molecule has 0 N–H and O–H groups in total. The number of aromatic nitrogens is 3. The number of carbonyl (C=O) groups excluding carboxylic acids is 1. The Hall–Kier alpha value is -2.53. The highest BCUT2D eigenvalue weighted by molar-refractivity contribution is 7.08. The Morgan fingerprint density at radius 1 is 1.20 bits per heavy atom. The predicted molar refractivity (Wildman–Crippen MR) is 79.0 cm³/mol. The van der Waals surface area contributed by atoms with Gasteiger partial charge >= 0.3 is 0 Å². The van der Waals surface area contributed by atoms with Crippen LogP contribution in [-0.4, -0.2) is 20.5 Å². The number of rotatable bonds is 4. The molecule has 0 spiro atoms. The van der Waals surface area contributed by atoms with Crippen molar-refractivity contribution in [2.45, 2.75) is 0 Å². The molecule has 0 aliphatic heterocycles. The van der Waals surface area contributed by atoms with Gasteiger partial charge in [-0.05, 0) is 52.7 Å². The van der Waals surface area contributed by atoms with Crippen molar-refractivity contribution in [3.8, 4) is 5.69 Å². The lowest BCUT2D eigenvalue weighted by Crippen LogP contribution is -1.97. The van der Waals surface area contributed by atoms with E-state index in [4.69, 9.17) is 0 Å². The molecule has 3 aromatic rings. The Bertz CT molecular complexity index is 713. The smallest absolute Gasteiger partial charge is 0.185 e. The van der Waals surface area contributed by atoms with Gasteiger partial charge in [0, 0.05) is 5.56 Å². The molecule has 0 radical (unpaired) electrons. The number of allylic oxidation sites excluding steroid dienone is 1. The molecule has 0 saturated heterocycles. The maximum atomic E-state index is 12.0. The summed E-state index contributed by atoms with van der Waals surface area (Å²) in [6, 6.07) is 9.25. The lowest BCUT2D eigenvalue weighted by atomic mass is 10.1. The van der Waals surface area contributed by atoms with Crippen molar-refractivity contribution >= 4 is 23.2 Å². The lowest BCUT2D eigenvalue weighted by molar-refractivity contribution is 0.104. The van der Waals surface area contributed by atoms with Gasteiger partial charge in [0.1, 0.15) is 12.7 Å². The van der Waals surface area contributed by atoms with Crippen LogP contribution in [0.1, 0.15) is 15.9 Å². The van der Waals surface area contributed by atoms with E-state index in [2.05, 4.69) is 10.1 Å².